The van der Waals surface area contributed by atoms with Gasteiger partial charge in [-0.3, -0.25) is 25.8 Å². The van der Waals surface area contributed by atoms with Gasteiger partial charge in [0.05, 0.1) is 10.6 Å². The van der Waals surface area contributed by atoms with Gasteiger partial charge in [0, 0.05) is 9.50 Å². The summed E-state index contributed by atoms with van der Waals surface area (Å²) in [5.74, 6) is -0.480. The lowest BCUT2D eigenvalue weighted by atomic mass is 10.2. The molecular formula is C16H12BrCl2N3O3S. The maximum atomic E-state index is 12.0. The van der Waals surface area contributed by atoms with Crippen LogP contribution < -0.4 is 20.9 Å². The van der Waals surface area contributed by atoms with E-state index in [2.05, 4.69) is 32.1 Å². The van der Waals surface area contributed by atoms with Crippen molar-refractivity contribution in [1.29, 1.82) is 0 Å². The van der Waals surface area contributed by atoms with E-state index in [0.717, 1.165) is 4.47 Å². The fraction of sp³-hybridized carbons (Fsp3) is 0.0625. The zero-order chi connectivity index (χ0) is 19.1. The minimum absolute atomic E-state index is 0.0900. The summed E-state index contributed by atoms with van der Waals surface area (Å²) in [6.45, 7) is -0.236. The number of nitrogens with one attached hydrogen (secondary N) is 3. The SMILES string of the molecule is O=C(COc1ccc(Br)cc1)NC(=S)NNC(=O)c1ccc(Cl)cc1Cl. The maximum absolute atomic E-state index is 12.0. The first kappa shape index (κ1) is 20.4. The van der Waals surface area contributed by atoms with E-state index in [9.17, 15) is 9.59 Å². The zero-order valence-corrected chi connectivity index (χ0v) is 16.9. The van der Waals surface area contributed by atoms with Gasteiger partial charge in [-0.05, 0) is 54.7 Å². The molecule has 2 rings (SSSR count). The Kier molecular flexibility index (Phi) is 7.65. The number of hydrazine groups is 1. The summed E-state index contributed by atoms with van der Waals surface area (Å²) in [6, 6.07) is 11.4. The Bertz CT molecular complexity index is 834. The van der Waals surface area contributed by atoms with Crippen LogP contribution in [0.1, 0.15) is 10.4 Å². The molecule has 2 amide bonds. The summed E-state index contributed by atoms with van der Waals surface area (Å²) in [6.07, 6.45) is 0. The standard InChI is InChI=1S/C16H12BrCl2N3O3S/c17-9-1-4-11(5-2-9)25-8-14(23)20-16(26)22-21-15(24)12-6-3-10(18)7-13(12)19/h1-7H,8H2,(H,21,24)(H2,20,22,23,26). The Morgan fingerprint density at radius 3 is 2.42 bits per heavy atom. The van der Waals surface area contributed by atoms with Crippen molar-refractivity contribution in [3.63, 3.8) is 0 Å². The largest absolute Gasteiger partial charge is 0.484 e. The van der Waals surface area contributed by atoms with Crippen molar-refractivity contribution in [2.45, 2.75) is 0 Å². The monoisotopic (exact) mass is 475 g/mol. The van der Waals surface area contributed by atoms with Crippen LogP contribution in [-0.4, -0.2) is 23.5 Å². The Morgan fingerprint density at radius 2 is 1.77 bits per heavy atom. The van der Waals surface area contributed by atoms with Gasteiger partial charge in [-0.25, -0.2) is 0 Å². The lowest BCUT2D eigenvalue weighted by molar-refractivity contribution is -0.121. The molecule has 10 heteroatoms. The number of thiocarbonyl (C=S) groups is 1. The van der Waals surface area contributed by atoms with Crippen molar-refractivity contribution >= 4 is 68.3 Å². The molecule has 136 valence electrons. The zero-order valence-electron chi connectivity index (χ0n) is 13.0. The van der Waals surface area contributed by atoms with Crippen LogP contribution in [0.5, 0.6) is 5.75 Å². The molecule has 26 heavy (non-hydrogen) atoms. The van der Waals surface area contributed by atoms with Crippen LogP contribution >= 0.6 is 51.3 Å². The van der Waals surface area contributed by atoms with Crippen LogP contribution in [0.4, 0.5) is 0 Å². The first-order valence-electron chi connectivity index (χ1n) is 7.09. The Labute approximate surface area is 173 Å². The molecule has 0 aromatic heterocycles. The Balaban J connectivity index is 1.76. The van der Waals surface area contributed by atoms with E-state index in [-0.39, 0.29) is 22.3 Å². The number of ether oxygens (including phenoxy) is 1. The van der Waals surface area contributed by atoms with E-state index in [1.807, 2.05) is 0 Å². The van der Waals surface area contributed by atoms with E-state index in [1.165, 1.54) is 18.2 Å². The Hall–Kier alpha value is -1.87. The average Bonchev–Trinajstić information content (AvgIpc) is 2.59. The van der Waals surface area contributed by atoms with Crippen molar-refractivity contribution < 1.29 is 14.3 Å². The number of halogens is 3. The minimum Gasteiger partial charge on any atom is -0.484 e. The van der Waals surface area contributed by atoms with Crippen LogP contribution in [0.3, 0.4) is 0 Å². The lowest BCUT2D eigenvalue weighted by Gasteiger charge is -2.12. The van der Waals surface area contributed by atoms with Crippen molar-refractivity contribution in [3.05, 3.63) is 62.5 Å². The van der Waals surface area contributed by atoms with E-state index in [0.29, 0.717) is 10.8 Å². The molecule has 3 N–H and O–H groups in total. The summed E-state index contributed by atoms with van der Waals surface area (Å²) in [7, 11) is 0. The summed E-state index contributed by atoms with van der Waals surface area (Å²) in [5, 5.41) is 2.88. The molecule has 2 aromatic carbocycles. The van der Waals surface area contributed by atoms with Gasteiger partial charge in [0.25, 0.3) is 11.8 Å². The number of benzene rings is 2. The maximum Gasteiger partial charge on any atom is 0.271 e. The first-order chi connectivity index (χ1) is 12.3. The molecule has 0 aliphatic rings. The number of carbonyl (C=O) groups excluding carboxylic acids is 2. The van der Waals surface area contributed by atoms with Crippen LogP contribution in [0, 0.1) is 0 Å². The number of hydrogen-bond acceptors (Lipinski definition) is 4. The van der Waals surface area contributed by atoms with E-state index in [4.69, 9.17) is 40.2 Å². The highest BCUT2D eigenvalue weighted by molar-refractivity contribution is 9.10. The molecule has 0 saturated carbocycles. The van der Waals surface area contributed by atoms with E-state index >= 15 is 0 Å². The highest BCUT2D eigenvalue weighted by atomic mass is 79.9. The third kappa shape index (κ3) is 6.45. The van der Waals surface area contributed by atoms with Crippen LogP contribution in [0.25, 0.3) is 0 Å². The highest BCUT2D eigenvalue weighted by Gasteiger charge is 2.12. The number of carbonyl (C=O) groups is 2. The molecule has 0 bridgehead atoms. The van der Waals surface area contributed by atoms with Crippen molar-refractivity contribution in [3.8, 4) is 5.75 Å². The average molecular weight is 477 g/mol. The van der Waals surface area contributed by atoms with Crippen LogP contribution in [0.2, 0.25) is 10.0 Å². The molecule has 0 radical (unpaired) electrons. The molecule has 0 heterocycles. The summed E-state index contributed by atoms with van der Waals surface area (Å²) in [4.78, 5) is 23.8. The van der Waals surface area contributed by atoms with Gasteiger partial charge in [-0.1, -0.05) is 39.1 Å². The molecule has 0 aliphatic heterocycles. The minimum atomic E-state index is -0.533. The summed E-state index contributed by atoms with van der Waals surface area (Å²) in [5.41, 5.74) is 4.94. The Morgan fingerprint density at radius 1 is 1.08 bits per heavy atom. The number of amides is 2. The van der Waals surface area contributed by atoms with Crippen LogP contribution in [0.15, 0.2) is 46.9 Å². The molecule has 0 fully saturated rings. The quantitative estimate of drug-likeness (QED) is 0.465. The second kappa shape index (κ2) is 9.72. The molecule has 0 aliphatic carbocycles. The van der Waals surface area contributed by atoms with Gasteiger partial charge in [0.2, 0.25) is 0 Å². The van der Waals surface area contributed by atoms with E-state index in [1.54, 1.807) is 24.3 Å². The molecule has 0 atom stereocenters. The number of rotatable bonds is 4. The van der Waals surface area contributed by atoms with Gasteiger partial charge in [0.15, 0.2) is 11.7 Å². The second-order valence-corrected chi connectivity index (χ2v) is 6.99. The summed E-state index contributed by atoms with van der Waals surface area (Å²) >= 11 is 19.9. The highest BCUT2D eigenvalue weighted by Crippen LogP contribution is 2.20. The summed E-state index contributed by atoms with van der Waals surface area (Å²) < 4.78 is 6.21. The number of hydrogen-bond donors (Lipinski definition) is 3. The lowest BCUT2D eigenvalue weighted by Crippen LogP contribution is -2.49. The predicted octanol–water partition coefficient (Wildman–Crippen LogP) is 3.47. The van der Waals surface area contributed by atoms with Gasteiger partial charge in [-0.2, -0.15) is 0 Å². The third-order valence-corrected chi connectivity index (χ3v) is 4.18. The van der Waals surface area contributed by atoms with Crippen molar-refractivity contribution in [2.24, 2.45) is 0 Å². The fourth-order valence-electron chi connectivity index (χ4n) is 1.73. The fourth-order valence-corrected chi connectivity index (χ4v) is 2.65. The molecule has 6 nitrogen and oxygen atoms in total. The van der Waals surface area contributed by atoms with Gasteiger partial charge < -0.3 is 4.74 Å². The van der Waals surface area contributed by atoms with E-state index < -0.39 is 11.8 Å². The molecule has 0 unspecified atom stereocenters. The predicted molar refractivity (Wildman–Crippen MR) is 107 cm³/mol. The normalized spacial score (nSPS) is 9.96. The second-order valence-electron chi connectivity index (χ2n) is 4.82. The van der Waals surface area contributed by atoms with Crippen molar-refractivity contribution in [1.82, 2.24) is 16.2 Å². The van der Waals surface area contributed by atoms with Gasteiger partial charge in [0.1, 0.15) is 5.75 Å². The molecule has 0 spiro atoms. The van der Waals surface area contributed by atoms with Crippen LogP contribution in [-0.2, 0) is 4.79 Å². The van der Waals surface area contributed by atoms with Crippen molar-refractivity contribution in [2.75, 3.05) is 6.61 Å². The topological polar surface area (TPSA) is 79.5 Å². The first-order valence-corrected chi connectivity index (χ1v) is 9.04. The molecule has 0 saturated heterocycles. The molecule has 2 aromatic rings. The van der Waals surface area contributed by atoms with Gasteiger partial charge >= 0.3 is 0 Å². The van der Waals surface area contributed by atoms with Gasteiger partial charge in [-0.15, -0.1) is 0 Å². The third-order valence-electron chi connectivity index (χ3n) is 2.90. The smallest absolute Gasteiger partial charge is 0.271 e. The molecular weight excluding hydrogens is 465 g/mol.